The van der Waals surface area contributed by atoms with Crippen molar-refractivity contribution in [1.82, 2.24) is 5.32 Å². The SMILES string of the molecule is CCC(O)CNC(=O)CCCc1cccs1. The summed E-state index contributed by atoms with van der Waals surface area (Å²) in [5, 5.41) is 14.0. The number of aliphatic hydroxyl groups excluding tert-OH is 1. The zero-order valence-corrected chi connectivity index (χ0v) is 10.4. The first-order chi connectivity index (χ1) is 7.72. The highest BCUT2D eigenvalue weighted by molar-refractivity contribution is 7.09. The molecule has 0 aliphatic heterocycles. The Morgan fingerprint density at radius 1 is 1.62 bits per heavy atom. The molecule has 0 spiro atoms. The summed E-state index contributed by atoms with van der Waals surface area (Å²) >= 11 is 1.72. The zero-order chi connectivity index (χ0) is 11.8. The molecule has 90 valence electrons. The van der Waals surface area contributed by atoms with Crippen molar-refractivity contribution in [1.29, 1.82) is 0 Å². The van der Waals surface area contributed by atoms with E-state index in [1.807, 2.05) is 18.4 Å². The van der Waals surface area contributed by atoms with Crippen molar-refractivity contribution < 1.29 is 9.90 Å². The van der Waals surface area contributed by atoms with Crippen molar-refractivity contribution in [2.75, 3.05) is 6.54 Å². The Bertz CT molecular complexity index is 298. The third-order valence-corrected chi connectivity index (χ3v) is 3.35. The number of hydrogen-bond acceptors (Lipinski definition) is 3. The summed E-state index contributed by atoms with van der Waals surface area (Å²) in [6.45, 7) is 2.27. The Morgan fingerprint density at radius 2 is 2.44 bits per heavy atom. The Labute approximate surface area is 100 Å². The smallest absolute Gasteiger partial charge is 0.220 e. The van der Waals surface area contributed by atoms with Crippen molar-refractivity contribution in [3.05, 3.63) is 22.4 Å². The van der Waals surface area contributed by atoms with Crippen molar-refractivity contribution >= 4 is 17.2 Å². The molecule has 0 radical (unpaired) electrons. The molecule has 0 saturated carbocycles. The number of nitrogens with one attached hydrogen (secondary N) is 1. The number of thiophene rings is 1. The summed E-state index contributed by atoms with van der Waals surface area (Å²) in [6, 6.07) is 4.11. The molecule has 1 unspecified atom stereocenters. The molecule has 4 heteroatoms. The first-order valence-electron chi connectivity index (χ1n) is 5.69. The average molecular weight is 241 g/mol. The van der Waals surface area contributed by atoms with E-state index >= 15 is 0 Å². The molecule has 0 aliphatic rings. The lowest BCUT2D eigenvalue weighted by atomic mass is 10.2. The number of aliphatic hydroxyl groups is 1. The highest BCUT2D eigenvalue weighted by Crippen LogP contribution is 2.11. The Kier molecular flexibility index (Phi) is 6.11. The van der Waals surface area contributed by atoms with E-state index in [-0.39, 0.29) is 5.91 Å². The third-order valence-electron chi connectivity index (χ3n) is 2.41. The fourth-order valence-electron chi connectivity index (χ4n) is 1.34. The minimum absolute atomic E-state index is 0.0315. The van der Waals surface area contributed by atoms with Gasteiger partial charge >= 0.3 is 0 Å². The van der Waals surface area contributed by atoms with Crippen LogP contribution in [-0.4, -0.2) is 23.7 Å². The van der Waals surface area contributed by atoms with E-state index in [1.165, 1.54) is 4.88 Å². The van der Waals surface area contributed by atoms with Crippen LogP contribution in [0.4, 0.5) is 0 Å². The molecule has 0 bridgehead atoms. The van der Waals surface area contributed by atoms with E-state index in [9.17, 15) is 9.90 Å². The third kappa shape index (κ3) is 5.28. The van der Waals surface area contributed by atoms with Crippen molar-refractivity contribution in [2.45, 2.75) is 38.7 Å². The van der Waals surface area contributed by atoms with Crippen molar-refractivity contribution in [3.63, 3.8) is 0 Å². The predicted molar refractivity (Wildman–Crippen MR) is 66.6 cm³/mol. The second kappa shape index (κ2) is 7.41. The van der Waals surface area contributed by atoms with E-state index in [4.69, 9.17) is 0 Å². The number of aryl methyl sites for hydroxylation is 1. The van der Waals surface area contributed by atoms with Gasteiger partial charge in [0.05, 0.1) is 6.10 Å². The molecule has 16 heavy (non-hydrogen) atoms. The van der Waals surface area contributed by atoms with Gasteiger partial charge in [0.1, 0.15) is 0 Å². The molecule has 0 fully saturated rings. The van der Waals surface area contributed by atoms with Crippen LogP contribution in [0.3, 0.4) is 0 Å². The maximum Gasteiger partial charge on any atom is 0.220 e. The fourth-order valence-corrected chi connectivity index (χ4v) is 2.09. The zero-order valence-electron chi connectivity index (χ0n) is 9.61. The van der Waals surface area contributed by atoms with Gasteiger partial charge in [-0.25, -0.2) is 0 Å². The van der Waals surface area contributed by atoms with Gasteiger partial charge in [0.15, 0.2) is 0 Å². The minimum Gasteiger partial charge on any atom is -0.391 e. The lowest BCUT2D eigenvalue weighted by molar-refractivity contribution is -0.121. The normalized spacial score (nSPS) is 12.4. The quantitative estimate of drug-likeness (QED) is 0.766. The number of rotatable bonds is 7. The molecular weight excluding hydrogens is 222 g/mol. The second-order valence-corrected chi connectivity index (χ2v) is 4.83. The van der Waals surface area contributed by atoms with Crippen LogP contribution in [0.5, 0.6) is 0 Å². The van der Waals surface area contributed by atoms with Crippen LogP contribution in [-0.2, 0) is 11.2 Å². The highest BCUT2D eigenvalue weighted by Gasteiger charge is 2.05. The van der Waals surface area contributed by atoms with Crippen LogP contribution >= 0.6 is 11.3 Å². The van der Waals surface area contributed by atoms with Gasteiger partial charge in [0.2, 0.25) is 5.91 Å². The Balaban J connectivity index is 2.06. The molecule has 1 atom stereocenters. The van der Waals surface area contributed by atoms with Gasteiger partial charge < -0.3 is 10.4 Å². The van der Waals surface area contributed by atoms with Crippen LogP contribution in [0.1, 0.15) is 31.1 Å². The summed E-state index contributed by atoms with van der Waals surface area (Å²) in [5.41, 5.74) is 0. The first-order valence-corrected chi connectivity index (χ1v) is 6.57. The second-order valence-electron chi connectivity index (χ2n) is 3.80. The summed E-state index contributed by atoms with van der Waals surface area (Å²) in [4.78, 5) is 12.7. The van der Waals surface area contributed by atoms with E-state index in [0.29, 0.717) is 19.4 Å². The highest BCUT2D eigenvalue weighted by atomic mass is 32.1. The topological polar surface area (TPSA) is 49.3 Å². The Hall–Kier alpha value is -0.870. The number of amides is 1. The van der Waals surface area contributed by atoms with Crippen LogP contribution < -0.4 is 5.32 Å². The van der Waals surface area contributed by atoms with Crippen molar-refractivity contribution in [3.8, 4) is 0 Å². The summed E-state index contributed by atoms with van der Waals surface area (Å²) < 4.78 is 0. The summed E-state index contributed by atoms with van der Waals surface area (Å²) in [6.07, 6.45) is 2.63. The number of carbonyl (C=O) groups excluding carboxylic acids is 1. The van der Waals surface area contributed by atoms with Gasteiger partial charge in [-0.15, -0.1) is 11.3 Å². The Morgan fingerprint density at radius 3 is 3.06 bits per heavy atom. The molecule has 0 aromatic carbocycles. The predicted octanol–water partition coefficient (Wildman–Crippen LogP) is 1.96. The molecule has 0 saturated heterocycles. The minimum atomic E-state index is -0.416. The summed E-state index contributed by atoms with van der Waals surface area (Å²) in [5.74, 6) is 0.0315. The molecule has 1 rings (SSSR count). The van der Waals surface area contributed by atoms with Gasteiger partial charge in [-0.1, -0.05) is 13.0 Å². The molecule has 3 nitrogen and oxygen atoms in total. The van der Waals surface area contributed by atoms with E-state index in [1.54, 1.807) is 11.3 Å². The van der Waals surface area contributed by atoms with Crippen LogP contribution in [0, 0.1) is 0 Å². The van der Waals surface area contributed by atoms with Crippen LogP contribution in [0.25, 0.3) is 0 Å². The average Bonchev–Trinajstić information content (AvgIpc) is 2.79. The van der Waals surface area contributed by atoms with Crippen molar-refractivity contribution in [2.24, 2.45) is 0 Å². The molecule has 1 aromatic rings. The maximum absolute atomic E-state index is 11.4. The molecule has 1 amide bonds. The summed E-state index contributed by atoms with van der Waals surface area (Å²) in [7, 11) is 0. The molecular formula is C12H19NO2S. The van der Waals surface area contributed by atoms with Gasteiger partial charge in [0.25, 0.3) is 0 Å². The molecule has 1 aromatic heterocycles. The standard InChI is InChI=1S/C12H19NO2S/c1-2-10(14)9-13-12(15)7-3-5-11-6-4-8-16-11/h4,6,8,10,14H,2-3,5,7,9H2,1H3,(H,13,15). The number of hydrogen-bond donors (Lipinski definition) is 2. The van der Waals surface area contributed by atoms with Gasteiger partial charge in [-0.05, 0) is 30.7 Å². The molecule has 1 heterocycles. The van der Waals surface area contributed by atoms with E-state index in [0.717, 1.165) is 12.8 Å². The van der Waals surface area contributed by atoms with Gasteiger partial charge in [0, 0.05) is 17.8 Å². The van der Waals surface area contributed by atoms with E-state index < -0.39 is 6.10 Å². The molecule has 2 N–H and O–H groups in total. The lowest BCUT2D eigenvalue weighted by Crippen LogP contribution is -2.31. The molecule has 0 aliphatic carbocycles. The monoisotopic (exact) mass is 241 g/mol. The van der Waals surface area contributed by atoms with Gasteiger partial charge in [-0.2, -0.15) is 0 Å². The lowest BCUT2D eigenvalue weighted by Gasteiger charge is -2.08. The van der Waals surface area contributed by atoms with Gasteiger partial charge in [-0.3, -0.25) is 4.79 Å². The maximum atomic E-state index is 11.4. The van der Waals surface area contributed by atoms with Crippen LogP contribution in [0.2, 0.25) is 0 Å². The largest absolute Gasteiger partial charge is 0.391 e. The van der Waals surface area contributed by atoms with E-state index in [2.05, 4.69) is 11.4 Å². The number of carbonyl (C=O) groups is 1. The fraction of sp³-hybridized carbons (Fsp3) is 0.583. The first kappa shape index (κ1) is 13.2. The van der Waals surface area contributed by atoms with Crippen LogP contribution in [0.15, 0.2) is 17.5 Å².